The first-order chi connectivity index (χ1) is 16.0. The van der Waals surface area contributed by atoms with E-state index >= 15 is 0 Å². The molecule has 3 aromatic rings. The molecule has 0 fully saturated rings. The van der Waals surface area contributed by atoms with E-state index in [0.717, 1.165) is 28.0 Å². The van der Waals surface area contributed by atoms with Gasteiger partial charge in [-0.15, -0.1) is 0 Å². The Balaban J connectivity index is 1.22. The number of benzene rings is 2. The molecule has 0 aliphatic carbocycles. The van der Waals surface area contributed by atoms with Gasteiger partial charge in [-0.25, -0.2) is 9.97 Å². The SMILES string of the molecule is COc1cc2ncncc2cc1OCCCNC(=O)[C@H](C)N(C)Cc1ccc2c(c1)OCO2. The first-order valence-electron chi connectivity index (χ1n) is 10.8. The van der Waals surface area contributed by atoms with Crippen LogP contribution in [0.4, 0.5) is 0 Å². The van der Waals surface area contributed by atoms with Crippen molar-refractivity contribution in [2.45, 2.75) is 25.9 Å². The molecule has 0 unspecified atom stereocenters. The molecule has 4 rings (SSSR count). The van der Waals surface area contributed by atoms with Gasteiger partial charge in [-0.1, -0.05) is 6.07 Å². The fourth-order valence-corrected chi connectivity index (χ4v) is 3.54. The molecule has 1 amide bonds. The van der Waals surface area contributed by atoms with Gasteiger partial charge < -0.3 is 24.3 Å². The molecule has 0 radical (unpaired) electrons. The Bertz CT molecular complexity index is 1120. The monoisotopic (exact) mass is 452 g/mol. The number of fused-ring (bicyclic) bond motifs is 2. The minimum atomic E-state index is -0.281. The minimum Gasteiger partial charge on any atom is -0.493 e. The van der Waals surface area contributed by atoms with Crippen LogP contribution >= 0.6 is 0 Å². The zero-order chi connectivity index (χ0) is 23.2. The molecule has 0 saturated carbocycles. The van der Waals surface area contributed by atoms with Crippen LogP contribution in [-0.4, -0.2) is 60.9 Å². The summed E-state index contributed by atoms with van der Waals surface area (Å²) in [5, 5.41) is 3.85. The summed E-state index contributed by atoms with van der Waals surface area (Å²) in [7, 11) is 3.52. The lowest BCUT2D eigenvalue weighted by atomic mass is 10.1. The van der Waals surface area contributed by atoms with Gasteiger partial charge in [0.1, 0.15) is 6.33 Å². The van der Waals surface area contributed by atoms with Gasteiger partial charge >= 0.3 is 0 Å². The fraction of sp³-hybridized carbons (Fsp3) is 0.375. The average Bonchev–Trinajstić information content (AvgIpc) is 3.30. The van der Waals surface area contributed by atoms with Crippen molar-refractivity contribution in [1.29, 1.82) is 0 Å². The summed E-state index contributed by atoms with van der Waals surface area (Å²) < 4.78 is 22.1. The topological polar surface area (TPSA) is 95.0 Å². The fourth-order valence-electron chi connectivity index (χ4n) is 3.54. The van der Waals surface area contributed by atoms with E-state index in [1.165, 1.54) is 6.33 Å². The Hall–Kier alpha value is -3.59. The number of methoxy groups -OCH3 is 1. The molecule has 9 heteroatoms. The van der Waals surface area contributed by atoms with E-state index in [4.69, 9.17) is 18.9 Å². The van der Waals surface area contributed by atoms with Crippen LogP contribution in [0.1, 0.15) is 18.9 Å². The second-order valence-electron chi connectivity index (χ2n) is 7.86. The molecule has 9 nitrogen and oxygen atoms in total. The molecular weight excluding hydrogens is 424 g/mol. The lowest BCUT2D eigenvalue weighted by molar-refractivity contribution is -0.125. The number of rotatable bonds is 10. The molecule has 0 spiro atoms. The lowest BCUT2D eigenvalue weighted by Gasteiger charge is -2.24. The van der Waals surface area contributed by atoms with Gasteiger partial charge in [0.05, 0.1) is 25.3 Å². The quantitative estimate of drug-likeness (QED) is 0.469. The van der Waals surface area contributed by atoms with Gasteiger partial charge in [0.2, 0.25) is 12.7 Å². The number of aromatic nitrogens is 2. The number of nitrogens with one attached hydrogen (secondary N) is 1. The molecule has 33 heavy (non-hydrogen) atoms. The van der Waals surface area contributed by atoms with Crippen molar-refractivity contribution in [3.8, 4) is 23.0 Å². The first kappa shape index (κ1) is 22.6. The highest BCUT2D eigenvalue weighted by molar-refractivity contribution is 5.82. The molecular formula is C24H28N4O5. The summed E-state index contributed by atoms with van der Waals surface area (Å²) in [5.74, 6) is 2.71. The van der Waals surface area contributed by atoms with Crippen molar-refractivity contribution in [2.24, 2.45) is 0 Å². The van der Waals surface area contributed by atoms with E-state index in [9.17, 15) is 4.79 Å². The van der Waals surface area contributed by atoms with Gasteiger partial charge in [0.15, 0.2) is 23.0 Å². The molecule has 174 valence electrons. The minimum absolute atomic E-state index is 0.0290. The Morgan fingerprint density at radius 1 is 1.21 bits per heavy atom. The summed E-state index contributed by atoms with van der Waals surface area (Å²) >= 11 is 0. The predicted octanol–water partition coefficient (Wildman–Crippen LogP) is 2.77. The third kappa shape index (κ3) is 5.43. The zero-order valence-corrected chi connectivity index (χ0v) is 19.0. The molecule has 2 heterocycles. The molecule has 2 aromatic carbocycles. The van der Waals surface area contributed by atoms with Gasteiger partial charge in [0, 0.05) is 30.7 Å². The normalized spacial score (nSPS) is 13.2. The third-order valence-electron chi connectivity index (χ3n) is 5.58. The van der Waals surface area contributed by atoms with Crippen molar-refractivity contribution >= 4 is 16.8 Å². The molecule has 1 aromatic heterocycles. The van der Waals surface area contributed by atoms with Gasteiger partial charge in [-0.05, 0) is 44.2 Å². The zero-order valence-electron chi connectivity index (χ0n) is 19.0. The molecule has 1 aliphatic heterocycles. The number of hydrogen-bond acceptors (Lipinski definition) is 8. The molecule has 1 atom stereocenters. The van der Waals surface area contributed by atoms with E-state index < -0.39 is 0 Å². The second-order valence-corrected chi connectivity index (χ2v) is 7.86. The smallest absolute Gasteiger partial charge is 0.237 e. The Kier molecular flexibility index (Phi) is 7.09. The lowest BCUT2D eigenvalue weighted by Crippen LogP contribution is -2.43. The maximum Gasteiger partial charge on any atom is 0.237 e. The number of hydrogen-bond donors (Lipinski definition) is 1. The maximum absolute atomic E-state index is 12.6. The summed E-state index contributed by atoms with van der Waals surface area (Å²) in [6.45, 7) is 3.72. The number of nitrogens with zero attached hydrogens (tertiary/aromatic N) is 3. The van der Waals surface area contributed by atoms with Gasteiger partial charge in [-0.2, -0.15) is 0 Å². The van der Waals surface area contributed by atoms with Crippen LogP contribution in [0.2, 0.25) is 0 Å². The van der Waals surface area contributed by atoms with Crippen LogP contribution in [-0.2, 0) is 11.3 Å². The van der Waals surface area contributed by atoms with Crippen molar-refractivity contribution in [1.82, 2.24) is 20.2 Å². The van der Waals surface area contributed by atoms with Crippen molar-refractivity contribution in [3.05, 3.63) is 48.4 Å². The van der Waals surface area contributed by atoms with Gasteiger partial charge in [-0.3, -0.25) is 9.69 Å². The van der Waals surface area contributed by atoms with Crippen molar-refractivity contribution in [2.75, 3.05) is 34.1 Å². The number of likely N-dealkylation sites (N-methyl/N-ethyl adjacent to an activating group) is 1. The van der Waals surface area contributed by atoms with Crippen molar-refractivity contribution < 1.29 is 23.7 Å². The van der Waals surface area contributed by atoms with Crippen LogP contribution in [0.3, 0.4) is 0 Å². The molecule has 0 saturated heterocycles. The highest BCUT2D eigenvalue weighted by atomic mass is 16.7. The summed E-state index contributed by atoms with van der Waals surface area (Å²) in [4.78, 5) is 22.8. The van der Waals surface area contributed by atoms with E-state index in [1.807, 2.05) is 49.2 Å². The van der Waals surface area contributed by atoms with Crippen LogP contribution in [0.5, 0.6) is 23.0 Å². The van der Waals surface area contributed by atoms with Crippen LogP contribution in [0, 0.1) is 0 Å². The highest BCUT2D eigenvalue weighted by Gasteiger charge is 2.19. The maximum atomic E-state index is 12.6. The van der Waals surface area contributed by atoms with E-state index in [1.54, 1.807) is 13.3 Å². The van der Waals surface area contributed by atoms with Crippen LogP contribution in [0.15, 0.2) is 42.9 Å². The predicted molar refractivity (Wildman–Crippen MR) is 123 cm³/mol. The molecule has 0 bridgehead atoms. The van der Waals surface area contributed by atoms with E-state index in [0.29, 0.717) is 37.6 Å². The first-order valence-corrected chi connectivity index (χ1v) is 10.8. The number of carbonyl (C=O) groups is 1. The van der Waals surface area contributed by atoms with Gasteiger partial charge in [0.25, 0.3) is 0 Å². The number of ether oxygens (including phenoxy) is 4. The largest absolute Gasteiger partial charge is 0.493 e. The third-order valence-corrected chi connectivity index (χ3v) is 5.58. The molecule has 1 aliphatic rings. The Labute approximate surface area is 192 Å². The highest BCUT2D eigenvalue weighted by Crippen LogP contribution is 2.33. The van der Waals surface area contributed by atoms with E-state index in [2.05, 4.69) is 15.3 Å². The summed E-state index contributed by atoms with van der Waals surface area (Å²) in [6.07, 6.45) is 3.89. The second kappa shape index (κ2) is 10.4. The number of amides is 1. The Morgan fingerprint density at radius 3 is 2.91 bits per heavy atom. The molecule has 1 N–H and O–H groups in total. The Morgan fingerprint density at radius 2 is 2.06 bits per heavy atom. The van der Waals surface area contributed by atoms with Crippen molar-refractivity contribution in [3.63, 3.8) is 0 Å². The number of carbonyl (C=O) groups excluding carboxylic acids is 1. The van der Waals surface area contributed by atoms with E-state index in [-0.39, 0.29) is 18.7 Å². The summed E-state index contributed by atoms with van der Waals surface area (Å²) in [5.41, 5.74) is 1.85. The summed E-state index contributed by atoms with van der Waals surface area (Å²) in [6, 6.07) is 9.24. The van der Waals surface area contributed by atoms with Crippen LogP contribution in [0.25, 0.3) is 10.9 Å². The average molecular weight is 453 g/mol. The standard InChI is InChI=1S/C24H28N4O5/c1-16(28(2)13-17-5-6-20-22(9-17)33-15-32-20)24(29)26-7-4-8-31-23-10-18-12-25-14-27-19(18)11-21(23)30-3/h5-6,9-12,14,16H,4,7-8,13,15H2,1-3H3,(H,26,29)/t16-/m0/s1. The van der Waals surface area contributed by atoms with Crippen LogP contribution < -0.4 is 24.3 Å².